The number of nitrogens with one attached hydrogen (secondary N) is 1. The molecule has 1 N–H and O–H groups in total. The van der Waals surface area contributed by atoms with Crippen LogP contribution in [0.2, 0.25) is 0 Å². The third kappa shape index (κ3) is 6.19. The molecule has 1 rings (SSSR count). The molecule has 0 aromatic rings. The molecule has 0 aromatic heterocycles. The van der Waals surface area contributed by atoms with Gasteiger partial charge in [0.1, 0.15) is 0 Å². The van der Waals surface area contributed by atoms with Gasteiger partial charge in [-0.1, -0.05) is 33.6 Å². The first-order chi connectivity index (χ1) is 8.65. The third-order valence-corrected chi connectivity index (χ3v) is 4.38. The van der Waals surface area contributed by atoms with Gasteiger partial charge in [-0.15, -0.1) is 0 Å². The average molecular weight is 254 g/mol. The van der Waals surface area contributed by atoms with Crippen molar-refractivity contribution < 1.29 is 0 Å². The fraction of sp³-hybridized carbons (Fsp3) is 1.00. The van der Waals surface area contributed by atoms with E-state index in [0.29, 0.717) is 12.1 Å². The zero-order valence-corrected chi connectivity index (χ0v) is 13.0. The lowest BCUT2D eigenvalue weighted by Gasteiger charge is -2.31. The Bertz CT molecular complexity index is 199. The number of rotatable bonds is 8. The molecule has 0 radical (unpaired) electrons. The van der Waals surface area contributed by atoms with Crippen molar-refractivity contribution in [2.75, 3.05) is 19.6 Å². The molecule has 0 bridgehead atoms. The predicted octanol–water partition coefficient (Wildman–Crippen LogP) is 3.67. The first-order valence-corrected chi connectivity index (χ1v) is 8.14. The minimum Gasteiger partial charge on any atom is -0.310 e. The third-order valence-electron chi connectivity index (χ3n) is 4.38. The zero-order valence-electron chi connectivity index (χ0n) is 13.0. The predicted molar refractivity (Wildman–Crippen MR) is 81.0 cm³/mol. The Balaban J connectivity index is 2.25. The molecule has 3 unspecified atom stereocenters. The summed E-state index contributed by atoms with van der Waals surface area (Å²) < 4.78 is 0. The molecule has 2 heteroatoms. The smallest absolute Gasteiger partial charge is 0.0169 e. The molecule has 1 aliphatic heterocycles. The highest BCUT2D eigenvalue weighted by atomic mass is 15.2. The van der Waals surface area contributed by atoms with Crippen LogP contribution in [0.25, 0.3) is 0 Å². The van der Waals surface area contributed by atoms with Gasteiger partial charge in [0.2, 0.25) is 0 Å². The summed E-state index contributed by atoms with van der Waals surface area (Å²) in [4.78, 5) is 2.64. The van der Waals surface area contributed by atoms with Crippen LogP contribution in [0, 0.1) is 5.92 Å². The first-order valence-electron chi connectivity index (χ1n) is 8.14. The Labute approximate surface area is 115 Å². The molecule has 0 saturated carbocycles. The summed E-state index contributed by atoms with van der Waals surface area (Å²) in [7, 11) is 0. The van der Waals surface area contributed by atoms with Crippen molar-refractivity contribution in [2.24, 2.45) is 5.92 Å². The molecule has 2 nitrogen and oxygen atoms in total. The van der Waals surface area contributed by atoms with E-state index in [2.05, 4.69) is 37.9 Å². The van der Waals surface area contributed by atoms with Crippen molar-refractivity contribution in [3.63, 3.8) is 0 Å². The summed E-state index contributed by atoms with van der Waals surface area (Å²) >= 11 is 0. The van der Waals surface area contributed by atoms with Gasteiger partial charge in [-0.25, -0.2) is 0 Å². The monoisotopic (exact) mass is 254 g/mol. The van der Waals surface area contributed by atoms with E-state index < -0.39 is 0 Å². The van der Waals surface area contributed by atoms with Crippen LogP contribution >= 0.6 is 0 Å². The van der Waals surface area contributed by atoms with Gasteiger partial charge in [0.25, 0.3) is 0 Å². The highest BCUT2D eigenvalue weighted by molar-refractivity contribution is 4.76. The first kappa shape index (κ1) is 16.0. The van der Waals surface area contributed by atoms with E-state index in [1.165, 1.54) is 58.2 Å². The maximum atomic E-state index is 3.84. The van der Waals surface area contributed by atoms with Crippen LogP contribution < -0.4 is 5.32 Å². The van der Waals surface area contributed by atoms with Crippen LogP contribution in [0.3, 0.4) is 0 Å². The lowest BCUT2D eigenvalue weighted by atomic mass is 9.97. The van der Waals surface area contributed by atoms with E-state index in [-0.39, 0.29) is 0 Å². The van der Waals surface area contributed by atoms with Gasteiger partial charge in [-0.05, 0) is 51.6 Å². The summed E-state index contributed by atoms with van der Waals surface area (Å²) in [5, 5.41) is 3.84. The molecule has 3 atom stereocenters. The molecular formula is C16H34N2. The largest absolute Gasteiger partial charge is 0.310 e. The van der Waals surface area contributed by atoms with Gasteiger partial charge in [0.15, 0.2) is 0 Å². The molecule has 1 heterocycles. The van der Waals surface area contributed by atoms with Crippen LogP contribution in [-0.2, 0) is 0 Å². The Morgan fingerprint density at radius 3 is 2.22 bits per heavy atom. The Kier molecular flexibility index (Phi) is 7.92. The van der Waals surface area contributed by atoms with E-state index in [0.717, 1.165) is 5.92 Å². The van der Waals surface area contributed by atoms with E-state index in [4.69, 9.17) is 0 Å². The number of hydrogen-bond acceptors (Lipinski definition) is 2. The van der Waals surface area contributed by atoms with Gasteiger partial charge in [0, 0.05) is 18.6 Å². The Morgan fingerprint density at radius 1 is 1.00 bits per heavy atom. The van der Waals surface area contributed by atoms with Crippen LogP contribution in [0.1, 0.15) is 66.2 Å². The SMILES string of the molecule is CCC(C)CC(CC)NC(C)CN1CCCCC1. The van der Waals surface area contributed by atoms with Gasteiger partial charge in [-0.3, -0.25) is 0 Å². The molecule has 108 valence electrons. The normalized spacial score (nSPS) is 22.7. The number of likely N-dealkylation sites (tertiary alicyclic amines) is 1. The van der Waals surface area contributed by atoms with E-state index in [1.807, 2.05) is 0 Å². The van der Waals surface area contributed by atoms with Crippen molar-refractivity contribution in [3.05, 3.63) is 0 Å². The quantitative estimate of drug-likeness (QED) is 0.711. The molecule has 0 amide bonds. The molecule has 1 fully saturated rings. The highest BCUT2D eigenvalue weighted by Crippen LogP contribution is 2.13. The van der Waals surface area contributed by atoms with Crippen molar-refractivity contribution >= 4 is 0 Å². The average Bonchev–Trinajstić information content (AvgIpc) is 2.38. The van der Waals surface area contributed by atoms with Gasteiger partial charge >= 0.3 is 0 Å². The second-order valence-corrected chi connectivity index (χ2v) is 6.28. The van der Waals surface area contributed by atoms with Gasteiger partial charge in [0.05, 0.1) is 0 Å². The van der Waals surface area contributed by atoms with Crippen LogP contribution in [-0.4, -0.2) is 36.6 Å². The lowest BCUT2D eigenvalue weighted by Crippen LogP contribution is -2.45. The fourth-order valence-electron chi connectivity index (χ4n) is 2.99. The van der Waals surface area contributed by atoms with Crippen LogP contribution in [0.5, 0.6) is 0 Å². The lowest BCUT2D eigenvalue weighted by molar-refractivity contribution is 0.200. The number of nitrogens with zero attached hydrogens (tertiary/aromatic N) is 1. The molecule has 0 spiro atoms. The molecular weight excluding hydrogens is 220 g/mol. The van der Waals surface area contributed by atoms with Crippen molar-refractivity contribution in [3.8, 4) is 0 Å². The summed E-state index contributed by atoms with van der Waals surface area (Å²) in [5.41, 5.74) is 0. The van der Waals surface area contributed by atoms with Crippen LogP contribution in [0.15, 0.2) is 0 Å². The summed E-state index contributed by atoms with van der Waals surface area (Å²) in [6, 6.07) is 1.34. The molecule has 0 aliphatic carbocycles. The molecule has 1 aliphatic rings. The minimum atomic E-state index is 0.636. The summed E-state index contributed by atoms with van der Waals surface area (Å²) in [6.07, 6.45) is 8.13. The topological polar surface area (TPSA) is 15.3 Å². The highest BCUT2D eigenvalue weighted by Gasteiger charge is 2.16. The van der Waals surface area contributed by atoms with E-state index in [9.17, 15) is 0 Å². The van der Waals surface area contributed by atoms with Crippen molar-refractivity contribution in [1.82, 2.24) is 10.2 Å². The van der Waals surface area contributed by atoms with Gasteiger partial charge in [-0.2, -0.15) is 0 Å². The standard InChI is InChI=1S/C16H34N2/c1-5-14(3)12-16(6-2)17-15(4)13-18-10-8-7-9-11-18/h14-17H,5-13H2,1-4H3. The maximum absolute atomic E-state index is 3.84. The van der Waals surface area contributed by atoms with E-state index in [1.54, 1.807) is 0 Å². The maximum Gasteiger partial charge on any atom is 0.0169 e. The minimum absolute atomic E-state index is 0.636. The van der Waals surface area contributed by atoms with Crippen molar-refractivity contribution in [1.29, 1.82) is 0 Å². The molecule has 0 aromatic carbocycles. The zero-order chi connectivity index (χ0) is 13.4. The second-order valence-electron chi connectivity index (χ2n) is 6.28. The Hall–Kier alpha value is -0.0800. The number of piperidine rings is 1. The van der Waals surface area contributed by atoms with Gasteiger partial charge < -0.3 is 10.2 Å². The molecule has 18 heavy (non-hydrogen) atoms. The number of hydrogen-bond donors (Lipinski definition) is 1. The summed E-state index contributed by atoms with van der Waals surface area (Å²) in [6.45, 7) is 13.2. The van der Waals surface area contributed by atoms with Crippen molar-refractivity contribution in [2.45, 2.75) is 78.3 Å². The van der Waals surface area contributed by atoms with E-state index >= 15 is 0 Å². The second kappa shape index (κ2) is 8.92. The molecule has 1 saturated heterocycles. The summed E-state index contributed by atoms with van der Waals surface area (Å²) in [5.74, 6) is 0.852. The Morgan fingerprint density at radius 2 is 1.67 bits per heavy atom. The van der Waals surface area contributed by atoms with Crippen LogP contribution in [0.4, 0.5) is 0 Å². The fourth-order valence-corrected chi connectivity index (χ4v) is 2.99.